The van der Waals surface area contributed by atoms with Gasteiger partial charge in [0.25, 0.3) is 0 Å². The van der Waals surface area contributed by atoms with Crippen LogP contribution in [-0.2, 0) is 13.0 Å². The monoisotopic (exact) mass is 353 g/mol. The predicted molar refractivity (Wildman–Crippen MR) is 108 cm³/mol. The Morgan fingerprint density at radius 3 is 2.41 bits per heavy atom. The van der Waals surface area contributed by atoms with Crippen LogP contribution >= 0.6 is 0 Å². The molecule has 0 saturated heterocycles. The molecule has 0 atom stereocenters. The van der Waals surface area contributed by atoms with Crippen molar-refractivity contribution in [1.29, 1.82) is 0 Å². The Morgan fingerprint density at radius 2 is 1.63 bits per heavy atom. The summed E-state index contributed by atoms with van der Waals surface area (Å²) >= 11 is 0. The fourth-order valence-corrected chi connectivity index (χ4v) is 3.14. The molecule has 0 radical (unpaired) electrons. The van der Waals surface area contributed by atoms with Crippen LogP contribution < -0.4 is 0 Å². The molecule has 0 bridgehead atoms. The molecule has 0 saturated carbocycles. The van der Waals surface area contributed by atoms with Crippen molar-refractivity contribution in [3.05, 3.63) is 95.8 Å². The van der Waals surface area contributed by atoms with Crippen molar-refractivity contribution in [2.24, 2.45) is 0 Å². The van der Waals surface area contributed by atoms with Gasteiger partial charge in [0.2, 0.25) is 0 Å². The van der Waals surface area contributed by atoms with Crippen molar-refractivity contribution in [1.82, 2.24) is 4.57 Å². The van der Waals surface area contributed by atoms with Crippen LogP contribution in [0.5, 0.6) is 11.5 Å². The van der Waals surface area contributed by atoms with E-state index in [9.17, 15) is 10.2 Å². The van der Waals surface area contributed by atoms with Crippen molar-refractivity contribution >= 4 is 10.8 Å². The van der Waals surface area contributed by atoms with Gasteiger partial charge in [-0.1, -0.05) is 48.2 Å². The zero-order chi connectivity index (χ0) is 18.6. The van der Waals surface area contributed by atoms with Crippen LogP contribution in [0.15, 0.2) is 79.1 Å². The lowest BCUT2D eigenvalue weighted by Gasteiger charge is -2.12. The molecule has 0 spiro atoms. The van der Waals surface area contributed by atoms with Crippen molar-refractivity contribution in [2.75, 3.05) is 0 Å². The second kappa shape index (κ2) is 7.31. The minimum absolute atomic E-state index is 0.0941. The molecule has 0 aliphatic rings. The number of aromatic hydroxyl groups is 2. The molecule has 4 aromatic rings. The maximum atomic E-state index is 10.7. The summed E-state index contributed by atoms with van der Waals surface area (Å²) in [5.41, 5.74) is 2.52. The van der Waals surface area contributed by atoms with E-state index in [4.69, 9.17) is 0 Å². The van der Waals surface area contributed by atoms with Gasteiger partial charge in [-0.3, -0.25) is 0 Å². The van der Waals surface area contributed by atoms with Crippen molar-refractivity contribution in [2.45, 2.75) is 13.0 Å². The van der Waals surface area contributed by atoms with Gasteiger partial charge in [-0.15, -0.1) is 0 Å². The van der Waals surface area contributed by atoms with E-state index in [0.717, 1.165) is 10.9 Å². The number of hydrogen-bond donors (Lipinski definition) is 2. The molecule has 1 aromatic heterocycles. The van der Waals surface area contributed by atoms with Crippen LogP contribution in [0.1, 0.15) is 16.7 Å². The zero-order valence-corrected chi connectivity index (χ0v) is 14.8. The first-order valence-corrected chi connectivity index (χ1v) is 8.82. The van der Waals surface area contributed by atoms with Gasteiger partial charge in [0.15, 0.2) is 0 Å². The Morgan fingerprint density at radius 1 is 0.852 bits per heavy atom. The maximum absolute atomic E-state index is 10.7. The molecule has 27 heavy (non-hydrogen) atoms. The highest BCUT2D eigenvalue weighted by Crippen LogP contribution is 2.36. The Hall–Kier alpha value is -3.64. The highest BCUT2D eigenvalue weighted by molar-refractivity contribution is 5.92. The summed E-state index contributed by atoms with van der Waals surface area (Å²) in [6, 6.07) is 21.3. The topological polar surface area (TPSA) is 45.4 Å². The van der Waals surface area contributed by atoms with E-state index >= 15 is 0 Å². The lowest BCUT2D eigenvalue weighted by atomic mass is 10.0. The molecular weight excluding hydrogens is 334 g/mol. The summed E-state index contributed by atoms with van der Waals surface area (Å²) in [5.74, 6) is 6.54. The SMILES string of the molecule is Oc1cc2ccc(C#CCc3ccccc3)cc2c(O)c1Cn1cccc1. The second-order valence-electron chi connectivity index (χ2n) is 6.48. The fraction of sp³-hybridized carbons (Fsp3) is 0.0833. The highest BCUT2D eigenvalue weighted by Gasteiger charge is 2.13. The van der Waals surface area contributed by atoms with Crippen molar-refractivity contribution < 1.29 is 10.2 Å². The van der Waals surface area contributed by atoms with E-state index in [-0.39, 0.29) is 11.5 Å². The minimum Gasteiger partial charge on any atom is -0.507 e. The average molecular weight is 353 g/mol. The number of phenolic OH excluding ortho intramolecular Hbond substituents is 2. The summed E-state index contributed by atoms with van der Waals surface area (Å²) < 4.78 is 1.91. The van der Waals surface area contributed by atoms with Crippen LogP contribution in [-0.4, -0.2) is 14.8 Å². The van der Waals surface area contributed by atoms with E-state index < -0.39 is 0 Å². The van der Waals surface area contributed by atoms with Gasteiger partial charge < -0.3 is 14.8 Å². The molecule has 0 fully saturated rings. The fourth-order valence-electron chi connectivity index (χ4n) is 3.14. The van der Waals surface area contributed by atoms with E-state index in [2.05, 4.69) is 24.0 Å². The Balaban J connectivity index is 1.67. The van der Waals surface area contributed by atoms with Gasteiger partial charge in [-0.25, -0.2) is 0 Å². The van der Waals surface area contributed by atoms with Gasteiger partial charge in [0.1, 0.15) is 11.5 Å². The van der Waals surface area contributed by atoms with Gasteiger partial charge in [0.05, 0.1) is 12.1 Å². The first-order chi connectivity index (χ1) is 13.2. The standard InChI is InChI=1S/C24H19NO2/c26-23-16-20-12-11-19(10-6-9-18-7-2-1-3-8-18)15-21(20)24(27)22(23)17-25-13-4-5-14-25/h1-5,7-8,11-16,26-27H,9,17H2. The maximum Gasteiger partial charge on any atom is 0.132 e. The van der Waals surface area contributed by atoms with Gasteiger partial charge in [-0.05, 0) is 41.3 Å². The summed E-state index contributed by atoms with van der Waals surface area (Å²) in [6.45, 7) is 0.407. The first-order valence-electron chi connectivity index (χ1n) is 8.82. The summed E-state index contributed by atoms with van der Waals surface area (Å²) in [4.78, 5) is 0. The molecule has 3 aromatic carbocycles. The molecule has 3 nitrogen and oxygen atoms in total. The zero-order valence-electron chi connectivity index (χ0n) is 14.8. The molecule has 1 heterocycles. The summed E-state index contributed by atoms with van der Waals surface area (Å²) in [7, 11) is 0. The molecule has 0 unspecified atom stereocenters. The third kappa shape index (κ3) is 3.65. The first kappa shape index (κ1) is 16.8. The van der Waals surface area contributed by atoms with Crippen LogP contribution in [0.25, 0.3) is 10.8 Å². The molecule has 3 heteroatoms. The Labute approximate surface area is 158 Å². The third-order valence-electron chi connectivity index (χ3n) is 4.57. The number of hydrogen-bond acceptors (Lipinski definition) is 2. The molecule has 0 aliphatic heterocycles. The third-order valence-corrected chi connectivity index (χ3v) is 4.57. The molecular formula is C24H19NO2. The number of phenols is 2. The van der Waals surface area contributed by atoms with Crippen LogP contribution in [0.2, 0.25) is 0 Å². The number of rotatable bonds is 3. The number of benzene rings is 3. The van der Waals surface area contributed by atoms with E-state index in [0.29, 0.717) is 23.9 Å². The van der Waals surface area contributed by atoms with Crippen LogP contribution in [0.4, 0.5) is 0 Å². The molecule has 132 valence electrons. The second-order valence-corrected chi connectivity index (χ2v) is 6.48. The lowest BCUT2D eigenvalue weighted by Crippen LogP contribution is -1.97. The van der Waals surface area contributed by atoms with Gasteiger partial charge in [0, 0.05) is 29.8 Å². The van der Waals surface area contributed by atoms with Crippen LogP contribution in [0, 0.1) is 11.8 Å². The number of aromatic nitrogens is 1. The molecule has 0 aliphatic carbocycles. The van der Waals surface area contributed by atoms with E-state index in [1.807, 2.05) is 65.5 Å². The molecule has 2 N–H and O–H groups in total. The largest absolute Gasteiger partial charge is 0.507 e. The quantitative estimate of drug-likeness (QED) is 0.525. The smallest absolute Gasteiger partial charge is 0.132 e. The number of nitrogens with zero attached hydrogens (tertiary/aromatic N) is 1. The van der Waals surface area contributed by atoms with Crippen LogP contribution in [0.3, 0.4) is 0 Å². The lowest BCUT2D eigenvalue weighted by molar-refractivity contribution is 0.440. The summed E-state index contributed by atoms with van der Waals surface area (Å²) in [5, 5.41) is 22.5. The predicted octanol–water partition coefficient (Wildman–Crippen LogP) is 4.70. The normalized spacial score (nSPS) is 10.5. The Kier molecular flexibility index (Phi) is 4.55. The van der Waals surface area contributed by atoms with Crippen molar-refractivity contribution in [3.8, 4) is 23.3 Å². The molecule has 4 rings (SSSR count). The average Bonchev–Trinajstić information content (AvgIpc) is 3.20. The van der Waals surface area contributed by atoms with Gasteiger partial charge in [-0.2, -0.15) is 0 Å². The molecule has 0 amide bonds. The summed E-state index contributed by atoms with van der Waals surface area (Å²) in [6.07, 6.45) is 4.47. The van der Waals surface area contributed by atoms with Gasteiger partial charge >= 0.3 is 0 Å². The number of fused-ring (bicyclic) bond motifs is 1. The minimum atomic E-state index is 0.0941. The Bertz CT molecular complexity index is 1130. The van der Waals surface area contributed by atoms with Crippen molar-refractivity contribution in [3.63, 3.8) is 0 Å². The van der Waals surface area contributed by atoms with E-state index in [1.54, 1.807) is 6.07 Å². The van der Waals surface area contributed by atoms with E-state index in [1.165, 1.54) is 5.56 Å². The highest BCUT2D eigenvalue weighted by atomic mass is 16.3.